The SMILES string of the molecule is COc1ccc(-c2nc(S(=O)(=O)c3ccc4c(c3)OCCO4)c(N3CCC(C)CC3)o2)cc1. The molecule has 9 heteroatoms. The van der Waals surface area contributed by atoms with Crippen molar-refractivity contribution < 1.29 is 27.0 Å². The fourth-order valence-corrected chi connectivity index (χ4v) is 5.38. The van der Waals surface area contributed by atoms with Crippen LogP contribution in [0.25, 0.3) is 11.5 Å². The first kappa shape index (κ1) is 21.6. The summed E-state index contributed by atoms with van der Waals surface area (Å²) in [5.41, 5.74) is 0.672. The number of methoxy groups -OCH3 is 1. The Morgan fingerprint density at radius 3 is 2.39 bits per heavy atom. The van der Waals surface area contributed by atoms with Crippen molar-refractivity contribution in [3.8, 4) is 28.7 Å². The number of oxazole rings is 1. The van der Waals surface area contributed by atoms with E-state index >= 15 is 0 Å². The summed E-state index contributed by atoms with van der Waals surface area (Å²) in [6, 6.07) is 11.8. The lowest BCUT2D eigenvalue weighted by atomic mass is 9.99. The molecule has 0 unspecified atom stereocenters. The average Bonchev–Trinajstić information content (AvgIpc) is 3.31. The summed E-state index contributed by atoms with van der Waals surface area (Å²) >= 11 is 0. The molecule has 0 radical (unpaired) electrons. The van der Waals surface area contributed by atoms with E-state index in [9.17, 15) is 8.42 Å². The molecular formula is C24H26N2O6S. The van der Waals surface area contributed by atoms with Gasteiger partial charge in [0.2, 0.25) is 26.6 Å². The number of sulfone groups is 1. The second-order valence-corrected chi connectivity index (χ2v) is 10.2. The molecule has 0 spiro atoms. The van der Waals surface area contributed by atoms with E-state index in [0.717, 1.165) is 12.8 Å². The molecule has 0 atom stereocenters. The van der Waals surface area contributed by atoms with Gasteiger partial charge in [-0.1, -0.05) is 6.92 Å². The van der Waals surface area contributed by atoms with E-state index in [2.05, 4.69) is 11.9 Å². The lowest BCUT2D eigenvalue weighted by Gasteiger charge is -2.30. The number of nitrogens with zero attached hydrogens (tertiary/aromatic N) is 2. The normalized spacial score (nSPS) is 16.6. The first-order valence-corrected chi connectivity index (χ1v) is 12.5. The second kappa shape index (κ2) is 8.62. The Labute approximate surface area is 193 Å². The summed E-state index contributed by atoms with van der Waals surface area (Å²) in [6.45, 7) is 4.43. The fraction of sp³-hybridized carbons (Fsp3) is 0.375. The lowest BCUT2D eigenvalue weighted by Crippen LogP contribution is -2.33. The number of aromatic nitrogens is 1. The zero-order chi connectivity index (χ0) is 23.0. The molecule has 0 saturated carbocycles. The minimum atomic E-state index is -3.97. The molecule has 33 heavy (non-hydrogen) atoms. The van der Waals surface area contributed by atoms with Gasteiger partial charge in [-0.2, -0.15) is 4.98 Å². The van der Waals surface area contributed by atoms with E-state index in [1.807, 2.05) is 4.90 Å². The predicted molar refractivity (Wildman–Crippen MR) is 122 cm³/mol. The van der Waals surface area contributed by atoms with Crippen LogP contribution < -0.4 is 19.1 Å². The molecule has 3 heterocycles. The number of fused-ring (bicyclic) bond motifs is 1. The van der Waals surface area contributed by atoms with Crippen molar-refractivity contribution in [2.45, 2.75) is 29.7 Å². The summed E-state index contributed by atoms with van der Waals surface area (Å²) in [5, 5.41) is -0.0838. The van der Waals surface area contributed by atoms with Crippen molar-refractivity contribution in [1.82, 2.24) is 4.98 Å². The van der Waals surface area contributed by atoms with E-state index in [4.69, 9.17) is 18.6 Å². The Kier molecular flexibility index (Phi) is 5.65. The number of ether oxygens (including phenoxy) is 3. The summed E-state index contributed by atoms with van der Waals surface area (Å²) in [6.07, 6.45) is 1.92. The van der Waals surface area contributed by atoms with Crippen molar-refractivity contribution in [1.29, 1.82) is 0 Å². The third-order valence-electron chi connectivity index (χ3n) is 6.07. The molecular weight excluding hydrogens is 444 g/mol. The van der Waals surface area contributed by atoms with Crippen LogP contribution in [0.1, 0.15) is 19.8 Å². The highest BCUT2D eigenvalue weighted by molar-refractivity contribution is 7.91. The van der Waals surface area contributed by atoms with Crippen molar-refractivity contribution in [2.75, 3.05) is 38.3 Å². The zero-order valence-electron chi connectivity index (χ0n) is 18.6. The number of rotatable bonds is 5. The van der Waals surface area contributed by atoms with Gasteiger partial charge in [-0.25, -0.2) is 8.42 Å². The van der Waals surface area contributed by atoms with E-state index in [1.54, 1.807) is 37.4 Å². The quantitative estimate of drug-likeness (QED) is 0.548. The largest absolute Gasteiger partial charge is 0.497 e. The second-order valence-electron chi connectivity index (χ2n) is 8.34. The molecule has 0 bridgehead atoms. The number of anilines is 1. The van der Waals surface area contributed by atoms with Crippen LogP contribution in [0.4, 0.5) is 5.88 Å². The van der Waals surface area contributed by atoms with Crippen molar-refractivity contribution in [3.05, 3.63) is 42.5 Å². The van der Waals surface area contributed by atoms with Gasteiger partial charge in [0.15, 0.2) is 11.5 Å². The van der Waals surface area contributed by atoms with Crippen molar-refractivity contribution in [3.63, 3.8) is 0 Å². The standard InChI is InChI=1S/C24H26N2O6S/c1-16-9-11-26(12-10-16)24-23(25-22(32-24)17-3-5-18(29-2)6-4-17)33(27,28)19-7-8-20-21(15-19)31-14-13-30-20/h3-8,15-16H,9-14H2,1-2H3. The number of hydrogen-bond acceptors (Lipinski definition) is 8. The summed E-state index contributed by atoms with van der Waals surface area (Å²) < 4.78 is 49.9. The summed E-state index contributed by atoms with van der Waals surface area (Å²) in [7, 11) is -2.38. The van der Waals surface area contributed by atoms with Crippen molar-refractivity contribution in [2.24, 2.45) is 5.92 Å². The topological polar surface area (TPSA) is 91.1 Å². The molecule has 0 aliphatic carbocycles. The van der Waals surface area contributed by atoms with Crippen LogP contribution >= 0.6 is 0 Å². The van der Waals surface area contributed by atoms with E-state index in [-0.39, 0.29) is 21.7 Å². The molecule has 2 aromatic carbocycles. The van der Waals surface area contributed by atoms with Crippen LogP contribution in [0.15, 0.2) is 56.8 Å². The van der Waals surface area contributed by atoms with E-state index < -0.39 is 9.84 Å². The number of benzene rings is 2. The summed E-state index contributed by atoms with van der Waals surface area (Å²) in [5.74, 6) is 2.76. The summed E-state index contributed by atoms with van der Waals surface area (Å²) in [4.78, 5) is 6.55. The van der Waals surface area contributed by atoms with Crippen LogP contribution in [-0.2, 0) is 9.84 Å². The maximum Gasteiger partial charge on any atom is 0.236 e. The maximum atomic E-state index is 13.7. The fourth-order valence-electron chi connectivity index (χ4n) is 4.04. The highest BCUT2D eigenvalue weighted by Gasteiger charge is 2.33. The molecule has 0 N–H and O–H groups in total. The molecule has 1 fully saturated rings. The highest BCUT2D eigenvalue weighted by Crippen LogP contribution is 2.39. The Morgan fingerprint density at radius 2 is 1.70 bits per heavy atom. The van der Waals surface area contributed by atoms with Gasteiger partial charge in [-0.15, -0.1) is 0 Å². The molecule has 1 aromatic heterocycles. The zero-order valence-corrected chi connectivity index (χ0v) is 19.4. The molecule has 0 amide bonds. The molecule has 1 saturated heterocycles. The van der Waals surface area contributed by atoms with Crippen LogP contribution in [0, 0.1) is 5.92 Å². The maximum absolute atomic E-state index is 13.7. The average molecular weight is 471 g/mol. The minimum Gasteiger partial charge on any atom is -0.497 e. The van der Waals surface area contributed by atoms with Gasteiger partial charge < -0.3 is 23.5 Å². The third-order valence-corrected chi connectivity index (χ3v) is 7.72. The van der Waals surface area contributed by atoms with Gasteiger partial charge in [-0.05, 0) is 55.2 Å². The Hall–Kier alpha value is -3.20. The first-order chi connectivity index (χ1) is 16.0. The van der Waals surface area contributed by atoms with E-state index in [1.165, 1.54) is 12.1 Å². The van der Waals surface area contributed by atoms with Gasteiger partial charge in [0.1, 0.15) is 19.0 Å². The monoisotopic (exact) mass is 470 g/mol. The smallest absolute Gasteiger partial charge is 0.236 e. The molecule has 3 aromatic rings. The van der Waals surface area contributed by atoms with Crippen LogP contribution in [-0.4, -0.2) is 46.8 Å². The van der Waals surface area contributed by atoms with Crippen molar-refractivity contribution >= 4 is 15.7 Å². The molecule has 2 aliphatic heterocycles. The molecule has 8 nitrogen and oxygen atoms in total. The predicted octanol–water partition coefficient (Wildman–Crippen LogP) is 4.19. The van der Waals surface area contributed by atoms with E-state index in [0.29, 0.717) is 55.0 Å². The van der Waals surface area contributed by atoms with Gasteiger partial charge in [-0.3, -0.25) is 0 Å². The minimum absolute atomic E-state index is 0.0838. The highest BCUT2D eigenvalue weighted by atomic mass is 32.2. The number of hydrogen-bond donors (Lipinski definition) is 0. The molecule has 174 valence electrons. The van der Waals surface area contributed by atoms with Crippen LogP contribution in [0.3, 0.4) is 0 Å². The Bertz CT molecular complexity index is 1240. The van der Waals surface area contributed by atoms with Crippen LogP contribution in [0.2, 0.25) is 0 Å². The van der Waals surface area contributed by atoms with Gasteiger partial charge >= 0.3 is 0 Å². The van der Waals surface area contributed by atoms with Crippen LogP contribution in [0.5, 0.6) is 17.2 Å². The number of piperidine rings is 1. The Balaban J connectivity index is 1.59. The van der Waals surface area contributed by atoms with Gasteiger partial charge in [0.25, 0.3) is 0 Å². The lowest BCUT2D eigenvalue weighted by molar-refractivity contribution is 0.171. The van der Waals surface area contributed by atoms with Gasteiger partial charge in [0.05, 0.1) is 12.0 Å². The first-order valence-electron chi connectivity index (χ1n) is 11.0. The third kappa shape index (κ3) is 4.13. The molecule has 2 aliphatic rings. The molecule has 5 rings (SSSR count). The Morgan fingerprint density at radius 1 is 1.00 bits per heavy atom. The van der Waals surface area contributed by atoms with Gasteiger partial charge in [0, 0.05) is 24.7 Å².